The maximum absolute atomic E-state index is 12.4. The predicted molar refractivity (Wildman–Crippen MR) is 117 cm³/mol. The number of amides is 1. The summed E-state index contributed by atoms with van der Waals surface area (Å²) in [6.07, 6.45) is 3.57. The van der Waals surface area contributed by atoms with Crippen LogP contribution in [0, 0.1) is 0 Å². The van der Waals surface area contributed by atoms with E-state index in [1.165, 1.54) is 5.56 Å². The molecule has 2 aromatic rings. The molecule has 1 atom stereocenters. The number of carboxylic acid groups (broad SMARTS) is 2. The van der Waals surface area contributed by atoms with E-state index < -0.39 is 11.9 Å². The second kappa shape index (κ2) is 12.2. The van der Waals surface area contributed by atoms with Crippen molar-refractivity contribution in [1.29, 1.82) is 0 Å². The summed E-state index contributed by atoms with van der Waals surface area (Å²) < 4.78 is 6.00. The third kappa shape index (κ3) is 8.19. The average molecular weight is 441 g/mol. The second-order valence-corrected chi connectivity index (χ2v) is 7.30. The lowest BCUT2D eigenvalue weighted by Gasteiger charge is -2.23. The average Bonchev–Trinajstić information content (AvgIpc) is 2.88. The number of aliphatic carboxylic acids is 2. The first-order chi connectivity index (χ1) is 15.3. The summed E-state index contributed by atoms with van der Waals surface area (Å²) >= 11 is 0. The van der Waals surface area contributed by atoms with Gasteiger partial charge < -0.3 is 24.7 Å². The molecular formula is C23H27N3O6. The quantitative estimate of drug-likeness (QED) is 0.627. The number of pyridine rings is 1. The fourth-order valence-corrected chi connectivity index (χ4v) is 3.07. The molecule has 32 heavy (non-hydrogen) atoms. The van der Waals surface area contributed by atoms with Gasteiger partial charge in [-0.1, -0.05) is 30.3 Å². The molecule has 2 heterocycles. The van der Waals surface area contributed by atoms with Crippen LogP contribution in [-0.4, -0.2) is 76.1 Å². The number of benzene rings is 1. The largest absolute Gasteiger partial charge is 0.478 e. The van der Waals surface area contributed by atoms with E-state index in [1.54, 1.807) is 23.2 Å². The maximum atomic E-state index is 12.4. The van der Waals surface area contributed by atoms with Gasteiger partial charge >= 0.3 is 11.9 Å². The van der Waals surface area contributed by atoms with Crippen molar-refractivity contribution >= 4 is 17.8 Å². The lowest BCUT2D eigenvalue weighted by molar-refractivity contribution is -0.134. The molecule has 9 heteroatoms. The number of carbonyl (C=O) groups excluding carboxylic acids is 1. The predicted octanol–water partition coefficient (Wildman–Crippen LogP) is 2.15. The normalized spacial score (nSPS) is 15.4. The Bertz CT molecular complexity index is 932. The van der Waals surface area contributed by atoms with Crippen LogP contribution in [0.3, 0.4) is 0 Å². The van der Waals surface area contributed by atoms with Crippen LogP contribution >= 0.6 is 0 Å². The van der Waals surface area contributed by atoms with Gasteiger partial charge in [0, 0.05) is 38.5 Å². The summed E-state index contributed by atoms with van der Waals surface area (Å²) in [6.45, 7) is 2.37. The van der Waals surface area contributed by atoms with E-state index in [2.05, 4.69) is 41.2 Å². The van der Waals surface area contributed by atoms with Gasteiger partial charge in [-0.05, 0) is 31.2 Å². The molecular weight excluding hydrogens is 414 g/mol. The van der Waals surface area contributed by atoms with Gasteiger partial charge in [-0.15, -0.1) is 0 Å². The topological polar surface area (TPSA) is 120 Å². The highest BCUT2D eigenvalue weighted by Crippen LogP contribution is 2.22. The van der Waals surface area contributed by atoms with Crippen molar-refractivity contribution in [3.8, 4) is 5.88 Å². The van der Waals surface area contributed by atoms with Crippen molar-refractivity contribution in [2.24, 2.45) is 0 Å². The van der Waals surface area contributed by atoms with Crippen LogP contribution in [0.4, 0.5) is 0 Å². The number of carbonyl (C=O) groups is 3. The molecule has 1 amide bonds. The summed E-state index contributed by atoms with van der Waals surface area (Å²) in [6, 6.07) is 13.9. The first kappa shape index (κ1) is 24.5. The van der Waals surface area contributed by atoms with Gasteiger partial charge in [-0.2, -0.15) is 0 Å². The van der Waals surface area contributed by atoms with Crippen molar-refractivity contribution in [3.05, 3.63) is 71.9 Å². The molecule has 0 saturated heterocycles. The van der Waals surface area contributed by atoms with Gasteiger partial charge in [0.2, 0.25) is 5.88 Å². The number of likely N-dealkylation sites (N-methyl/N-ethyl adjacent to an activating group) is 1. The van der Waals surface area contributed by atoms with Crippen molar-refractivity contribution in [2.75, 3.05) is 27.2 Å². The van der Waals surface area contributed by atoms with Gasteiger partial charge in [0.15, 0.2) is 0 Å². The van der Waals surface area contributed by atoms with Crippen LogP contribution in [0.15, 0.2) is 60.8 Å². The molecule has 0 aliphatic carbocycles. The summed E-state index contributed by atoms with van der Waals surface area (Å²) in [5.74, 6) is -2.10. The minimum atomic E-state index is -1.26. The van der Waals surface area contributed by atoms with Crippen LogP contribution in [0.5, 0.6) is 5.88 Å². The van der Waals surface area contributed by atoms with Crippen molar-refractivity contribution in [1.82, 2.24) is 14.8 Å². The van der Waals surface area contributed by atoms with E-state index in [0.717, 1.165) is 19.5 Å². The lowest BCUT2D eigenvalue weighted by atomic mass is 10.2. The number of carboxylic acids is 2. The highest BCUT2D eigenvalue weighted by atomic mass is 16.5. The molecule has 3 rings (SSSR count). The highest BCUT2D eigenvalue weighted by Gasteiger charge is 2.27. The van der Waals surface area contributed by atoms with E-state index in [4.69, 9.17) is 14.9 Å². The number of aromatic nitrogens is 1. The number of fused-ring (bicyclic) bond motifs is 1. The molecule has 9 nitrogen and oxygen atoms in total. The summed E-state index contributed by atoms with van der Waals surface area (Å²) in [4.78, 5) is 39.7. The van der Waals surface area contributed by atoms with E-state index in [-0.39, 0.29) is 12.0 Å². The van der Waals surface area contributed by atoms with Gasteiger partial charge in [-0.25, -0.2) is 14.6 Å². The van der Waals surface area contributed by atoms with Crippen LogP contribution in [0.1, 0.15) is 22.3 Å². The third-order valence-electron chi connectivity index (χ3n) is 4.60. The molecule has 170 valence electrons. The molecule has 0 fully saturated rings. The zero-order chi connectivity index (χ0) is 23.5. The number of hydrogen-bond donors (Lipinski definition) is 2. The summed E-state index contributed by atoms with van der Waals surface area (Å²) in [5.41, 5.74) is 1.83. The lowest BCUT2D eigenvalue weighted by Crippen LogP contribution is -2.36. The van der Waals surface area contributed by atoms with E-state index >= 15 is 0 Å². The Labute approximate surface area is 186 Å². The molecule has 0 bridgehead atoms. The van der Waals surface area contributed by atoms with E-state index in [9.17, 15) is 14.4 Å². The number of nitrogens with zero attached hydrogens (tertiary/aromatic N) is 3. The number of hydrogen-bond acceptors (Lipinski definition) is 6. The highest BCUT2D eigenvalue weighted by molar-refractivity contribution is 5.96. The Morgan fingerprint density at radius 1 is 1.16 bits per heavy atom. The SMILES string of the molecule is CN(CCC1CN(C)C(=O)c2cccnc2O1)Cc1ccccc1.O=C(O)C=CC(=O)O. The minimum absolute atomic E-state index is 0.0294. The molecule has 0 radical (unpaired) electrons. The molecule has 0 spiro atoms. The van der Waals surface area contributed by atoms with Crippen molar-refractivity contribution in [3.63, 3.8) is 0 Å². The monoisotopic (exact) mass is 441 g/mol. The van der Waals surface area contributed by atoms with Crippen LogP contribution in [0.25, 0.3) is 0 Å². The Kier molecular flexibility index (Phi) is 9.37. The first-order valence-electron chi connectivity index (χ1n) is 9.99. The number of ether oxygens (including phenoxy) is 1. The standard InChI is InChI=1S/C19H23N3O2.C4H4O4/c1-21(13-15-7-4-3-5-8-15)12-10-16-14-22(2)19(23)17-9-6-11-20-18(17)24-16;5-3(6)1-2-4(7)8/h3-9,11,16H,10,12-14H2,1-2H3;1-2H,(H,5,6)(H,7,8). The van der Waals surface area contributed by atoms with Crippen molar-refractivity contribution < 1.29 is 29.3 Å². The summed E-state index contributed by atoms with van der Waals surface area (Å²) in [7, 11) is 3.92. The van der Waals surface area contributed by atoms with Crippen molar-refractivity contribution in [2.45, 2.75) is 19.1 Å². The Morgan fingerprint density at radius 2 is 1.81 bits per heavy atom. The molecule has 2 N–H and O–H groups in total. The zero-order valence-corrected chi connectivity index (χ0v) is 18.0. The maximum Gasteiger partial charge on any atom is 0.328 e. The summed E-state index contributed by atoms with van der Waals surface area (Å²) in [5, 5.41) is 15.6. The van der Waals surface area contributed by atoms with E-state index in [0.29, 0.717) is 30.1 Å². The molecule has 0 saturated carbocycles. The van der Waals surface area contributed by atoms with Crippen LogP contribution in [0.2, 0.25) is 0 Å². The Morgan fingerprint density at radius 3 is 2.44 bits per heavy atom. The van der Waals surface area contributed by atoms with Crippen LogP contribution < -0.4 is 4.74 Å². The van der Waals surface area contributed by atoms with Crippen LogP contribution in [-0.2, 0) is 16.1 Å². The van der Waals surface area contributed by atoms with E-state index in [1.807, 2.05) is 13.1 Å². The molecule has 1 aliphatic rings. The fraction of sp³-hybridized carbons (Fsp3) is 0.304. The third-order valence-corrected chi connectivity index (χ3v) is 4.60. The Hall–Kier alpha value is -3.72. The molecule has 1 aromatic heterocycles. The molecule has 1 aromatic carbocycles. The van der Waals surface area contributed by atoms with Gasteiger partial charge in [0.25, 0.3) is 5.91 Å². The minimum Gasteiger partial charge on any atom is -0.478 e. The fourth-order valence-electron chi connectivity index (χ4n) is 3.07. The first-order valence-corrected chi connectivity index (χ1v) is 9.99. The second-order valence-electron chi connectivity index (χ2n) is 7.30. The van der Waals surface area contributed by atoms with Gasteiger partial charge in [-0.3, -0.25) is 4.79 Å². The number of rotatable bonds is 7. The smallest absolute Gasteiger partial charge is 0.328 e. The molecule has 1 unspecified atom stereocenters. The zero-order valence-electron chi connectivity index (χ0n) is 18.0. The van der Waals surface area contributed by atoms with Gasteiger partial charge in [0.05, 0.1) is 6.54 Å². The molecule has 1 aliphatic heterocycles. The van der Waals surface area contributed by atoms with Gasteiger partial charge in [0.1, 0.15) is 11.7 Å². The Balaban J connectivity index is 0.000000390.